The van der Waals surface area contributed by atoms with Crippen molar-refractivity contribution in [3.63, 3.8) is 0 Å². The lowest BCUT2D eigenvalue weighted by molar-refractivity contribution is 0.0984. The minimum atomic E-state index is -3.60. The number of amides is 1. The van der Waals surface area contributed by atoms with E-state index in [2.05, 4.69) is 6.07 Å². The number of piperidine rings is 1. The number of hydrogen-bond acceptors (Lipinski definition) is 3. The SMILES string of the molecule is Cc1cccc2c1N(C(=O)c1cccc(S(=O)(=O)N3CCCCC3C)c1)CCC2. The minimum Gasteiger partial charge on any atom is -0.308 e. The topological polar surface area (TPSA) is 57.7 Å². The number of aryl methyl sites for hydroxylation is 2. The van der Waals surface area contributed by atoms with Crippen LogP contribution in [0.3, 0.4) is 0 Å². The van der Waals surface area contributed by atoms with E-state index in [1.165, 1.54) is 5.56 Å². The first-order valence-electron chi connectivity index (χ1n) is 10.4. The smallest absolute Gasteiger partial charge is 0.258 e. The Hall–Kier alpha value is -2.18. The molecule has 0 saturated carbocycles. The fourth-order valence-corrected chi connectivity index (χ4v) is 6.31. The van der Waals surface area contributed by atoms with Crippen LogP contribution < -0.4 is 4.90 Å². The van der Waals surface area contributed by atoms with Gasteiger partial charge in [0.1, 0.15) is 0 Å². The molecule has 0 N–H and O–H groups in total. The molecule has 2 aromatic carbocycles. The first-order valence-corrected chi connectivity index (χ1v) is 11.9. The van der Waals surface area contributed by atoms with Gasteiger partial charge in [-0.1, -0.05) is 30.7 Å². The molecule has 1 atom stereocenters. The molecule has 0 aromatic heterocycles. The molecule has 2 heterocycles. The molecule has 1 amide bonds. The fourth-order valence-electron chi connectivity index (χ4n) is 4.56. The van der Waals surface area contributed by atoms with Crippen LogP contribution in [0.2, 0.25) is 0 Å². The summed E-state index contributed by atoms with van der Waals surface area (Å²) in [6.07, 6.45) is 4.68. The van der Waals surface area contributed by atoms with Gasteiger partial charge in [-0.15, -0.1) is 0 Å². The van der Waals surface area contributed by atoms with E-state index < -0.39 is 10.0 Å². The van der Waals surface area contributed by atoms with Gasteiger partial charge in [0, 0.05) is 24.7 Å². The molecule has 0 spiro atoms. The van der Waals surface area contributed by atoms with Crippen molar-refractivity contribution >= 4 is 21.6 Å². The molecule has 1 fully saturated rings. The van der Waals surface area contributed by atoms with E-state index in [1.54, 1.807) is 28.6 Å². The quantitative estimate of drug-likeness (QED) is 0.761. The molecule has 2 aliphatic heterocycles. The van der Waals surface area contributed by atoms with Crippen LogP contribution in [-0.4, -0.2) is 37.8 Å². The number of carbonyl (C=O) groups excluding carboxylic acids is 1. The van der Waals surface area contributed by atoms with Crippen molar-refractivity contribution in [2.24, 2.45) is 0 Å². The van der Waals surface area contributed by atoms with E-state index >= 15 is 0 Å². The van der Waals surface area contributed by atoms with E-state index in [4.69, 9.17) is 0 Å². The van der Waals surface area contributed by atoms with Gasteiger partial charge in [-0.2, -0.15) is 4.31 Å². The highest BCUT2D eigenvalue weighted by Crippen LogP contribution is 2.32. The van der Waals surface area contributed by atoms with Gasteiger partial charge in [0.25, 0.3) is 5.91 Å². The van der Waals surface area contributed by atoms with Crippen LogP contribution in [0.15, 0.2) is 47.4 Å². The molecule has 0 radical (unpaired) electrons. The summed E-state index contributed by atoms with van der Waals surface area (Å²) in [5.41, 5.74) is 3.64. The van der Waals surface area contributed by atoms with Crippen molar-refractivity contribution in [1.29, 1.82) is 0 Å². The van der Waals surface area contributed by atoms with E-state index in [-0.39, 0.29) is 16.8 Å². The average molecular weight is 413 g/mol. The third-order valence-corrected chi connectivity index (χ3v) is 8.10. The Kier molecular flexibility index (Phi) is 5.49. The predicted octanol–water partition coefficient (Wildman–Crippen LogP) is 4.15. The Morgan fingerprint density at radius 2 is 1.83 bits per heavy atom. The summed E-state index contributed by atoms with van der Waals surface area (Å²) < 4.78 is 28.0. The lowest BCUT2D eigenvalue weighted by Gasteiger charge is -2.33. The summed E-state index contributed by atoms with van der Waals surface area (Å²) in [4.78, 5) is 15.4. The van der Waals surface area contributed by atoms with Crippen LogP contribution in [0.4, 0.5) is 5.69 Å². The molecule has 29 heavy (non-hydrogen) atoms. The monoisotopic (exact) mass is 412 g/mol. The van der Waals surface area contributed by atoms with Crippen molar-refractivity contribution in [3.05, 3.63) is 59.2 Å². The van der Waals surface area contributed by atoms with E-state index in [0.717, 1.165) is 43.4 Å². The molecule has 2 aromatic rings. The second-order valence-corrected chi connectivity index (χ2v) is 10.0. The largest absolute Gasteiger partial charge is 0.308 e. The molecule has 0 bridgehead atoms. The lowest BCUT2D eigenvalue weighted by atomic mass is 9.97. The highest BCUT2D eigenvalue weighted by molar-refractivity contribution is 7.89. The van der Waals surface area contributed by atoms with Gasteiger partial charge < -0.3 is 4.90 Å². The molecule has 1 saturated heterocycles. The fraction of sp³-hybridized carbons (Fsp3) is 0.435. The van der Waals surface area contributed by atoms with Gasteiger partial charge in [-0.05, 0) is 68.9 Å². The number of rotatable bonds is 3. The first-order chi connectivity index (χ1) is 13.9. The van der Waals surface area contributed by atoms with Crippen LogP contribution >= 0.6 is 0 Å². The summed E-state index contributed by atoms with van der Waals surface area (Å²) in [7, 11) is -3.60. The van der Waals surface area contributed by atoms with Gasteiger partial charge in [0.2, 0.25) is 10.0 Å². The maximum absolute atomic E-state index is 13.4. The summed E-state index contributed by atoms with van der Waals surface area (Å²) >= 11 is 0. The second kappa shape index (κ2) is 7.92. The van der Waals surface area contributed by atoms with Gasteiger partial charge in [-0.25, -0.2) is 8.42 Å². The van der Waals surface area contributed by atoms with Gasteiger partial charge >= 0.3 is 0 Å². The zero-order valence-electron chi connectivity index (χ0n) is 17.1. The van der Waals surface area contributed by atoms with Gasteiger partial charge in [0.15, 0.2) is 0 Å². The Morgan fingerprint density at radius 3 is 2.62 bits per heavy atom. The predicted molar refractivity (Wildman–Crippen MR) is 115 cm³/mol. The molecule has 2 aliphatic rings. The van der Waals surface area contributed by atoms with Crippen molar-refractivity contribution in [2.75, 3.05) is 18.0 Å². The summed E-state index contributed by atoms with van der Waals surface area (Å²) in [5.74, 6) is -0.135. The number of sulfonamides is 1. The Morgan fingerprint density at radius 1 is 1.03 bits per heavy atom. The number of fused-ring (bicyclic) bond motifs is 1. The average Bonchev–Trinajstić information content (AvgIpc) is 2.73. The van der Waals surface area contributed by atoms with E-state index in [1.807, 2.05) is 30.9 Å². The van der Waals surface area contributed by atoms with E-state index in [0.29, 0.717) is 18.7 Å². The van der Waals surface area contributed by atoms with Crippen molar-refractivity contribution < 1.29 is 13.2 Å². The molecule has 6 heteroatoms. The maximum Gasteiger partial charge on any atom is 0.258 e. The van der Waals surface area contributed by atoms with Crippen LogP contribution in [0, 0.1) is 6.92 Å². The number of benzene rings is 2. The van der Waals surface area contributed by atoms with Crippen molar-refractivity contribution in [3.8, 4) is 0 Å². The second-order valence-electron chi connectivity index (χ2n) is 8.13. The number of hydrogen-bond donors (Lipinski definition) is 0. The highest BCUT2D eigenvalue weighted by Gasteiger charge is 2.32. The normalized spacial score (nSPS) is 20.3. The zero-order valence-corrected chi connectivity index (χ0v) is 17.9. The lowest BCUT2D eigenvalue weighted by Crippen LogP contribution is -2.42. The number of carbonyl (C=O) groups is 1. The Bertz CT molecular complexity index is 1030. The molecule has 1 unspecified atom stereocenters. The van der Waals surface area contributed by atoms with Crippen LogP contribution in [0.1, 0.15) is 54.1 Å². The summed E-state index contributed by atoms with van der Waals surface area (Å²) in [6, 6.07) is 12.6. The molecule has 4 rings (SSSR count). The zero-order chi connectivity index (χ0) is 20.6. The van der Waals surface area contributed by atoms with Crippen LogP contribution in [0.25, 0.3) is 0 Å². The third-order valence-electron chi connectivity index (χ3n) is 6.09. The van der Waals surface area contributed by atoms with Crippen LogP contribution in [0.5, 0.6) is 0 Å². The Balaban J connectivity index is 1.67. The van der Waals surface area contributed by atoms with Crippen LogP contribution in [-0.2, 0) is 16.4 Å². The molecule has 5 nitrogen and oxygen atoms in total. The molecule has 154 valence electrons. The van der Waals surface area contributed by atoms with E-state index in [9.17, 15) is 13.2 Å². The maximum atomic E-state index is 13.4. The Labute approximate surface area is 173 Å². The number of para-hydroxylation sites is 1. The van der Waals surface area contributed by atoms with Gasteiger partial charge in [0.05, 0.1) is 10.6 Å². The number of anilines is 1. The van der Waals surface area contributed by atoms with Gasteiger partial charge in [-0.3, -0.25) is 4.79 Å². The summed E-state index contributed by atoms with van der Waals surface area (Å²) in [6.45, 7) is 5.17. The number of nitrogens with zero attached hydrogens (tertiary/aromatic N) is 2. The van der Waals surface area contributed by atoms with Crippen molar-refractivity contribution in [1.82, 2.24) is 4.31 Å². The third kappa shape index (κ3) is 3.71. The highest BCUT2D eigenvalue weighted by atomic mass is 32.2. The summed E-state index contributed by atoms with van der Waals surface area (Å²) in [5, 5.41) is 0. The minimum absolute atomic E-state index is 0.00951. The van der Waals surface area contributed by atoms with Crippen molar-refractivity contribution in [2.45, 2.75) is 56.9 Å². The molecular formula is C23H28N2O3S. The molecular weight excluding hydrogens is 384 g/mol. The standard InChI is InChI=1S/C23H28N2O3S/c1-17-8-5-10-19-12-7-14-24(22(17)19)23(26)20-11-6-13-21(16-20)29(27,28)25-15-4-3-9-18(25)2/h5-6,8,10-11,13,16,18H,3-4,7,9,12,14-15H2,1-2H3. The molecule has 0 aliphatic carbocycles. The first kappa shape index (κ1) is 20.1.